The zero-order chi connectivity index (χ0) is 15.2. The lowest BCUT2D eigenvalue weighted by molar-refractivity contribution is -0.124. The van der Waals surface area contributed by atoms with Gasteiger partial charge in [0.25, 0.3) is 0 Å². The first-order valence-corrected chi connectivity index (χ1v) is 8.19. The summed E-state index contributed by atoms with van der Waals surface area (Å²) in [6.45, 7) is 11.7. The molecule has 0 bridgehead atoms. The van der Waals surface area contributed by atoms with E-state index in [1.165, 1.54) is 19.4 Å². The standard InChI is InChI=1S/C16H33N3O/c1-5-18-16(4,15(17)20)10-6-7-11-19-12-8-9-14(19)13(2)3/h13-14,18H,5-12H2,1-4H3,(H2,17,20). The molecular weight excluding hydrogens is 250 g/mol. The highest BCUT2D eigenvalue weighted by Gasteiger charge is 2.30. The van der Waals surface area contributed by atoms with Gasteiger partial charge in [0, 0.05) is 6.04 Å². The third-order valence-electron chi connectivity index (χ3n) is 4.67. The first-order chi connectivity index (χ1) is 9.40. The summed E-state index contributed by atoms with van der Waals surface area (Å²) in [6, 6.07) is 0.756. The Kier molecular flexibility index (Phi) is 6.96. The third kappa shape index (κ3) is 4.74. The second-order valence-corrected chi connectivity index (χ2v) is 6.67. The van der Waals surface area contributed by atoms with Crippen LogP contribution in [-0.4, -0.2) is 42.0 Å². The topological polar surface area (TPSA) is 58.4 Å². The predicted octanol–water partition coefficient (Wildman–Crippen LogP) is 2.13. The molecule has 2 atom stereocenters. The van der Waals surface area contributed by atoms with Crippen molar-refractivity contribution in [2.75, 3.05) is 19.6 Å². The van der Waals surface area contributed by atoms with Crippen LogP contribution in [0.5, 0.6) is 0 Å². The van der Waals surface area contributed by atoms with Crippen molar-refractivity contribution >= 4 is 5.91 Å². The molecule has 1 saturated heterocycles. The van der Waals surface area contributed by atoms with E-state index < -0.39 is 5.54 Å². The minimum atomic E-state index is -0.544. The van der Waals surface area contributed by atoms with Gasteiger partial charge < -0.3 is 16.0 Å². The molecule has 20 heavy (non-hydrogen) atoms. The number of carbonyl (C=O) groups excluding carboxylic acids is 1. The van der Waals surface area contributed by atoms with Crippen molar-refractivity contribution in [1.29, 1.82) is 0 Å². The summed E-state index contributed by atoms with van der Waals surface area (Å²) in [6.07, 6.45) is 5.70. The Balaban J connectivity index is 2.32. The maximum absolute atomic E-state index is 11.6. The van der Waals surface area contributed by atoms with Gasteiger partial charge in [0.15, 0.2) is 0 Å². The van der Waals surface area contributed by atoms with Crippen molar-refractivity contribution in [3.05, 3.63) is 0 Å². The van der Waals surface area contributed by atoms with E-state index in [0.717, 1.165) is 44.3 Å². The maximum Gasteiger partial charge on any atom is 0.237 e. The van der Waals surface area contributed by atoms with Crippen molar-refractivity contribution in [3.63, 3.8) is 0 Å². The molecule has 1 fully saturated rings. The highest BCUT2D eigenvalue weighted by atomic mass is 16.1. The van der Waals surface area contributed by atoms with Crippen molar-refractivity contribution < 1.29 is 4.79 Å². The smallest absolute Gasteiger partial charge is 0.237 e. The molecule has 0 aromatic rings. The summed E-state index contributed by atoms with van der Waals surface area (Å²) in [4.78, 5) is 14.2. The van der Waals surface area contributed by atoms with Gasteiger partial charge in [-0.05, 0) is 64.6 Å². The highest BCUT2D eigenvalue weighted by molar-refractivity contribution is 5.84. The Morgan fingerprint density at radius 1 is 1.45 bits per heavy atom. The Morgan fingerprint density at radius 2 is 2.15 bits per heavy atom. The number of nitrogens with one attached hydrogen (secondary N) is 1. The Morgan fingerprint density at radius 3 is 2.70 bits per heavy atom. The second-order valence-electron chi connectivity index (χ2n) is 6.67. The molecule has 0 aromatic carbocycles. The quantitative estimate of drug-likeness (QED) is 0.637. The van der Waals surface area contributed by atoms with E-state index in [1.54, 1.807) is 0 Å². The minimum absolute atomic E-state index is 0.236. The largest absolute Gasteiger partial charge is 0.368 e. The van der Waals surface area contributed by atoms with E-state index in [-0.39, 0.29) is 5.91 Å². The number of nitrogens with zero attached hydrogens (tertiary/aromatic N) is 1. The number of hydrogen-bond acceptors (Lipinski definition) is 3. The van der Waals surface area contributed by atoms with Crippen molar-refractivity contribution in [3.8, 4) is 0 Å². The lowest BCUT2D eigenvalue weighted by Gasteiger charge is -2.29. The molecule has 1 aliphatic rings. The number of hydrogen-bond donors (Lipinski definition) is 2. The number of primary amides is 1. The molecule has 0 aliphatic carbocycles. The van der Waals surface area contributed by atoms with Gasteiger partial charge in [-0.3, -0.25) is 4.79 Å². The summed E-state index contributed by atoms with van der Waals surface area (Å²) in [7, 11) is 0. The molecule has 1 amide bonds. The van der Waals surface area contributed by atoms with E-state index in [1.807, 2.05) is 13.8 Å². The monoisotopic (exact) mass is 283 g/mol. The van der Waals surface area contributed by atoms with Gasteiger partial charge in [-0.2, -0.15) is 0 Å². The van der Waals surface area contributed by atoms with Crippen molar-refractivity contribution in [1.82, 2.24) is 10.2 Å². The lowest BCUT2D eigenvalue weighted by atomic mass is 9.93. The fourth-order valence-electron chi connectivity index (χ4n) is 3.37. The van der Waals surface area contributed by atoms with E-state index in [2.05, 4.69) is 24.1 Å². The van der Waals surface area contributed by atoms with Crippen LogP contribution in [0.3, 0.4) is 0 Å². The molecule has 118 valence electrons. The van der Waals surface area contributed by atoms with Crippen LogP contribution in [-0.2, 0) is 4.79 Å². The van der Waals surface area contributed by atoms with E-state index in [4.69, 9.17) is 5.73 Å². The summed E-state index contributed by atoms with van der Waals surface area (Å²) in [5, 5.41) is 3.23. The van der Waals surface area contributed by atoms with Gasteiger partial charge in [-0.25, -0.2) is 0 Å². The summed E-state index contributed by atoms with van der Waals surface area (Å²) in [5.74, 6) is 0.510. The molecule has 0 aromatic heterocycles. The SMILES string of the molecule is CCNC(C)(CCCCN1CCCC1C(C)C)C(N)=O. The van der Waals surface area contributed by atoms with Gasteiger partial charge in [0.05, 0.1) is 5.54 Å². The Labute approximate surface area is 124 Å². The Bertz CT molecular complexity index is 306. The average Bonchev–Trinajstić information content (AvgIpc) is 2.83. The van der Waals surface area contributed by atoms with Gasteiger partial charge in [-0.15, -0.1) is 0 Å². The number of unbranched alkanes of at least 4 members (excludes halogenated alkanes) is 1. The molecular formula is C16H33N3O. The fraction of sp³-hybridized carbons (Fsp3) is 0.938. The number of likely N-dealkylation sites (N-methyl/N-ethyl adjacent to an activating group) is 1. The van der Waals surface area contributed by atoms with Crippen molar-refractivity contribution in [2.24, 2.45) is 11.7 Å². The van der Waals surface area contributed by atoms with Gasteiger partial charge in [0.2, 0.25) is 5.91 Å². The fourth-order valence-corrected chi connectivity index (χ4v) is 3.37. The maximum atomic E-state index is 11.6. The van der Waals surface area contributed by atoms with Crippen LogP contribution >= 0.6 is 0 Å². The van der Waals surface area contributed by atoms with Crippen LogP contribution < -0.4 is 11.1 Å². The van der Waals surface area contributed by atoms with Gasteiger partial charge in [-0.1, -0.05) is 20.8 Å². The number of rotatable bonds is 9. The molecule has 0 spiro atoms. The zero-order valence-corrected chi connectivity index (χ0v) is 13.7. The van der Waals surface area contributed by atoms with Crippen LogP contribution in [0, 0.1) is 5.92 Å². The van der Waals surface area contributed by atoms with Crippen LogP contribution in [0.2, 0.25) is 0 Å². The van der Waals surface area contributed by atoms with Crippen molar-refractivity contribution in [2.45, 2.75) is 71.4 Å². The molecule has 4 heteroatoms. The van der Waals surface area contributed by atoms with Crippen LogP contribution in [0.15, 0.2) is 0 Å². The van der Waals surface area contributed by atoms with E-state index in [9.17, 15) is 4.79 Å². The second kappa shape index (κ2) is 7.99. The predicted molar refractivity (Wildman–Crippen MR) is 84.6 cm³/mol. The molecule has 0 radical (unpaired) electrons. The number of nitrogens with two attached hydrogens (primary N) is 1. The zero-order valence-electron chi connectivity index (χ0n) is 13.7. The summed E-state index contributed by atoms with van der Waals surface area (Å²) in [5.41, 5.74) is 4.97. The van der Waals surface area contributed by atoms with Crippen LogP contribution in [0.4, 0.5) is 0 Å². The molecule has 4 nitrogen and oxygen atoms in total. The van der Waals surface area contributed by atoms with Gasteiger partial charge in [0.1, 0.15) is 0 Å². The number of amides is 1. The first-order valence-electron chi connectivity index (χ1n) is 8.19. The third-order valence-corrected chi connectivity index (χ3v) is 4.67. The van der Waals surface area contributed by atoms with Crippen LogP contribution in [0.25, 0.3) is 0 Å². The molecule has 1 aliphatic heterocycles. The molecule has 0 saturated carbocycles. The number of carbonyl (C=O) groups is 1. The number of likely N-dealkylation sites (tertiary alicyclic amines) is 1. The summed E-state index contributed by atoms with van der Waals surface area (Å²) >= 11 is 0. The van der Waals surface area contributed by atoms with Crippen LogP contribution in [0.1, 0.15) is 59.8 Å². The Hall–Kier alpha value is -0.610. The van der Waals surface area contributed by atoms with E-state index in [0.29, 0.717) is 0 Å². The average molecular weight is 283 g/mol. The summed E-state index contributed by atoms with van der Waals surface area (Å²) < 4.78 is 0. The highest BCUT2D eigenvalue weighted by Crippen LogP contribution is 2.24. The molecule has 1 rings (SSSR count). The molecule has 1 heterocycles. The molecule has 3 N–H and O–H groups in total. The minimum Gasteiger partial charge on any atom is -0.368 e. The lowest BCUT2D eigenvalue weighted by Crippen LogP contribution is -2.53. The first kappa shape index (κ1) is 17.4. The normalized spacial score (nSPS) is 23.1. The van der Waals surface area contributed by atoms with Gasteiger partial charge >= 0.3 is 0 Å². The molecule has 2 unspecified atom stereocenters. The van der Waals surface area contributed by atoms with E-state index >= 15 is 0 Å².